The smallest absolute Gasteiger partial charge is 0.407 e. The Labute approximate surface area is 136 Å². The molecule has 1 amide bonds. The van der Waals surface area contributed by atoms with Gasteiger partial charge in [-0.15, -0.1) is 0 Å². The highest BCUT2D eigenvalue weighted by Gasteiger charge is 2.33. The summed E-state index contributed by atoms with van der Waals surface area (Å²) in [6.07, 6.45) is 1.81. The van der Waals surface area contributed by atoms with Crippen molar-refractivity contribution in [3.05, 3.63) is 23.8 Å². The van der Waals surface area contributed by atoms with Crippen LogP contribution in [-0.2, 0) is 11.3 Å². The number of phenolic OH excluding ortho intramolecular Hbond substituents is 2. The number of hydrogen-bond acceptors (Lipinski definition) is 5. The van der Waals surface area contributed by atoms with Gasteiger partial charge >= 0.3 is 6.09 Å². The third-order valence-electron chi connectivity index (χ3n) is 3.64. The number of hydrogen-bond donors (Lipinski definition) is 4. The van der Waals surface area contributed by atoms with Gasteiger partial charge in [-0.05, 0) is 45.6 Å². The molecule has 1 atom stereocenters. The zero-order chi connectivity index (χ0) is 17.0. The molecule has 6 heteroatoms. The van der Waals surface area contributed by atoms with Gasteiger partial charge in [0.1, 0.15) is 17.1 Å². The molecule has 23 heavy (non-hydrogen) atoms. The van der Waals surface area contributed by atoms with Crippen LogP contribution in [0.1, 0.15) is 39.2 Å². The van der Waals surface area contributed by atoms with E-state index in [0.29, 0.717) is 24.6 Å². The van der Waals surface area contributed by atoms with Gasteiger partial charge < -0.3 is 25.6 Å². The fraction of sp³-hybridized carbons (Fsp3) is 0.588. The maximum Gasteiger partial charge on any atom is 0.407 e. The summed E-state index contributed by atoms with van der Waals surface area (Å²) in [4.78, 5) is 11.9. The van der Waals surface area contributed by atoms with Gasteiger partial charge in [-0.25, -0.2) is 4.79 Å². The fourth-order valence-corrected chi connectivity index (χ4v) is 2.36. The predicted octanol–water partition coefficient (Wildman–Crippen LogP) is 2.49. The maximum atomic E-state index is 11.9. The standard InChI is InChI=1S/C17H26N2O4/c1-17(2,3)23-16(22)19-14(11-4-5-11)10-18-9-12-6-7-13(20)8-15(12)21/h6-8,11,14,18,20-21H,4-5,9-10H2,1-3H3,(H,19,22). The normalized spacial score (nSPS) is 16.0. The summed E-state index contributed by atoms with van der Waals surface area (Å²) in [6.45, 7) is 6.58. The lowest BCUT2D eigenvalue weighted by atomic mass is 10.1. The van der Waals surface area contributed by atoms with Gasteiger partial charge in [0.25, 0.3) is 0 Å². The minimum Gasteiger partial charge on any atom is -0.508 e. The molecule has 1 unspecified atom stereocenters. The van der Waals surface area contributed by atoms with Crippen LogP contribution in [0.5, 0.6) is 11.5 Å². The van der Waals surface area contributed by atoms with Crippen molar-refractivity contribution in [3.63, 3.8) is 0 Å². The molecule has 0 radical (unpaired) electrons. The summed E-state index contributed by atoms with van der Waals surface area (Å²) >= 11 is 0. The lowest BCUT2D eigenvalue weighted by Crippen LogP contribution is -2.45. The van der Waals surface area contributed by atoms with Gasteiger partial charge in [0.2, 0.25) is 0 Å². The molecule has 0 aromatic heterocycles. The average Bonchev–Trinajstić information content (AvgIpc) is 3.22. The Bertz CT molecular complexity index is 550. The number of aromatic hydroxyl groups is 2. The molecule has 0 saturated heterocycles. The molecular weight excluding hydrogens is 296 g/mol. The Morgan fingerprint density at radius 3 is 2.61 bits per heavy atom. The summed E-state index contributed by atoms with van der Waals surface area (Å²) in [6, 6.07) is 4.54. The van der Waals surface area contributed by atoms with Crippen molar-refractivity contribution in [2.75, 3.05) is 6.54 Å². The minimum absolute atomic E-state index is 0.0177. The van der Waals surface area contributed by atoms with Crippen LogP contribution in [0.3, 0.4) is 0 Å². The average molecular weight is 322 g/mol. The highest BCUT2D eigenvalue weighted by atomic mass is 16.6. The second kappa shape index (κ2) is 7.08. The highest BCUT2D eigenvalue weighted by molar-refractivity contribution is 5.68. The number of nitrogens with one attached hydrogen (secondary N) is 2. The molecule has 1 saturated carbocycles. The molecule has 1 aromatic rings. The highest BCUT2D eigenvalue weighted by Crippen LogP contribution is 2.32. The first-order valence-electron chi connectivity index (χ1n) is 7.96. The molecule has 1 aromatic carbocycles. The second-order valence-electron chi connectivity index (χ2n) is 7.03. The van der Waals surface area contributed by atoms with Crippen molar-refractivity contribution in [3.8, 4) is 11.5 Å². The van der Waals surface area contributed by atoms with Crippen LogP contribution >= 0.6 is 0 Å². The second-order valence-corrected chi connectivity index (χ2v) is 7.03. The molecule has 0 heterocycles. The van der Waals surface area contributed by atoms with Gasteiger partial charge in [0.15, 0.2) is 0 Å². The van der Waals surface area contributed by atoms with Crippen molar-refractivity contribution in [1.29, 1.82) is 0 Å². The van der Waals surface area contributed by atoms with E-state index in [2.05, 4.69) is 10.6 Å². The molecule has 6 nitrogen and oxygen atoms in total. The topological polar surface area (TPSA) is 90.8 Å². The lowest BCUT2D eigenvalue weighted by Gasteiger charge is -2.24. The summed E-state index contributed by atoms with van der Waals surface area (Å²) < 4.78 is 5.30. The van der Waals surface area contributed by atoms with Gasteiger partial charge in [0, 0.05) is 30.8 Å². The Kier molecular flexibility index (Phi) is 5.36. The van der Waals surface area contributed by atoms with Gasteiger partial charge in [-0.1, -0.05) is 6.07 Å². The Balaban J connectivity index is 1.82. The number of ether oxygens (including phenoxy) is 1. The number of rotatable bonds is 6. The Hall–Kier alpha value is -1.95. The van der Waals surface area contributed by atoms with Crippen LogP contribution in [-0.4, -0.2) is 34.5 Å². The van der Waals surface area contributed by atoms with E-state index in [1.807, 2.05) is 20.8 Å². The summed E-state index contributed by atoms with van der Waals surface area (Å²) in [5, 5.41) is 25.2. The van der Waals surface area contributed by atoms with Crippen LogP contribution in [0, 0.1) is 5.92 Å². The van der Waals surface area contributed by atoms with Crippen LogP contribution in [0.15, 0.2) is 18.2 Å². The molecule has 4 N–H and O–H groups in total. The van der Waals surface area contributed by atoms with Crippen molar-refractivity contribution in [1.82, 2.24) is 10.6 Å². The van der Waals surface area contributed by atoms with E-state index >= 15 is 0 Å². The van der Waals surface area contributed by atoms with Crippen LogP contribution < -0.4 is 10.6 Å². The van der Waals surface area contributed by atoms with E-state index < -0.39 is 11.7 Å². The molecule has 0 aliphatic heterocycles. The Morgan fingerprint density at radius 1 is 1.35 bits per heavy atom. The third-order valence-corrected chi connectivity index (χ3v) is 3.64. The van der Waals surface area contributed by atoms with Crippen LogP contribution in [0.2, 0.25) is 0 Å². The van der Waals surface area contributed by atoms with Crippen molar-refractivity contribution in [2.24, 2.45) is 5.92 Å². The fourth-order valence-electron chi connectivity index (χ4n) is 2.36. The molecule has 1 aliphatic rings. The van der Waals surface area contributed by atoms with E-state index in [0.717, 1.165) is 12.8 Å². The Morgan fingerprint density at radius 2 is 2.04 bits per heavy atom. The molecule has 1 fully saturated rings. The third kappa shape index (κ3) is 5.98. The SMILES string of the molecule is CC(C)(C)OC(=O)NC(CNCc1ccc(O)cc1O)C1CC1. The lowest BCUT2D eigenvalue weighted by molar-refractivity contribution is 0.0497. The van der Waals surface area contributed by atoms with Gasteiger partial charge in [-0.2, -0.15) is 0 Å². The van der Waals surface area contributed by atoms with Crippen LogP contribution in [0.25, 0.3) is 0 Å². The van der Waals surface area contributed by atoms with Crippen LogP contribution in [0.4, 0.5) is 4.79 Å². The first-order chi connectivity index (χ1) is 10.7. The van der Waals surface area contributed by atoms with E-state index in [4.69, 9.17) is 4.74 Å². The first-order valence-corrected chi connectivity index (χ1v) is 7.96. The molecule has 128 valence electrons. The van der Waals surface area contributed by atoms with Gasteiger partial charge in [0.05, 0.1) is 0 Å². The largest absolute Gasteiger partial charge is 0.508 e. The quantitative estimate of drug-likeness (QED) is 0.646. The molecule has 2 rings (SSSR count). The summed E-state index contributed by atoms with van der Waals surface area (Å²) in [5.41, 5.74) is 0.193. The number of amides is 1. The molecule has 0 bridgehead atoms. The first kappa shape index (κ1) is 17.4. The van der Waals surface area contributed by atoms with Crippen molar-refractivity contribution >= 4 is 6.09 Å². The van der Waals surface area contributed by atoms with Crippen molar-refractivity contribution < 1.29 is 19.7 Å². The zero-order valence-corrected chi connectivity index (χ0v) is 13.9. The van der Waals surface area contributed by atoms with E-state index in [1.165, 1.54) is 12.1 Å². The van der Waals surface area contributed by atoms with E-state index in [-0.39, 0.29) is 17.5 Å². The minimum atomic E-state index is -0.510. The summed E-state index contributed by atoms with van der Waals surface area (Å²) in [7, 11) is 0. The summed E-state index contributed by atoms with van der Waals surface area (Å²) in [5.74, 6) is 0.567. The van der Waals surface area contributed by atoms with E-state index in [9.17, 15) is 15.0 Å². The predicted molar refractivity (Wildman–Crippen MR) is 87.4 cm³/mol. The molecular formula is C17H26N2O4. The molecule has 0 spiro atoms. The monoisotopic (exact) mass is 322 g/mol. The number of phenols is 2. The van der Waals surface area contributed by atoms with E-state index in [1.54, 1.807) is 6.07 Å². The number of alkyl carbamates (subject to hydrolysis) is 1. The van der Waals surface area contributed by atoms with Gasteiger partial charge in [-0.3, -0.25) is 0 Å². The molecule has 1 aliphatic carbocycles. The number of carbonyl (C=O) groups excluding carboxylic acids is 1. The van der Waals surface area contributed by atoms with Crippen molar-refractivity contribution in [2.45, 2.75) is 51.8 Å². The number of benzene rings is 1. The zero-order valence-electron chi connectivity index (χ0n) is 13.9. The number of carbonyl (C=O) groups is 1. The maximum absolute atomic E-state index is 11.9.